The van der Waals surface area contributed by atoms with Gasteiger partial charge in [0.2, 0.25) is 10.0 Å². The second kappa shape index (κ2) is 6.66. The molecular weight excluding hydrogens is 341 g/mol. The van der Waals surface area contributed by atoms with E-state index < -0.39 is 15.8 Å². The molecule has 0 radical (unpaired) electrons. The first kappa shape index (κ1) is 17.1. The van der Waals surface area contributed by atoms with Crippen LogP contribution < -0.4 is 9.88 Å². The van der Waals surface area contributed by atoms with Gasteiger partial charge in [-0.25, -0.2) is 17.9 Å². The largest absolute Gasteiger partial charge is 0.494 e. The minimum Gasteiger partial charge on any atom is -0.494 e. The van der Waals surface area contributed by atoms with Gasteiger partial charge in [-0.2, -0.15) is 0 Å². The average molecular weight is 357 g/mol. The lowest BCUT2D eigenvalue weighted by molar-refractivity contribution is 0.387. The van der Waals surface area contributed by atoms with E-state index in [-0.39, 0.29) is 10.6 Å². The van der Waals surface area contributed by atoms with Crippen LogP contribution in [0.2, 0.25) is 0 Å². The van der Waals surface area contributed by atoms with Crippen LogP contribution in [0, 0.1) is 5.82 Å². The molecule has 3 rings (SSSR count). The fourth-order valence-electron chi connectivity index (χ4n) is 2.73. The Labute approximate surface area is 145 Å². The minimum atomic E-state index is -3.88. The molecule has 0 saturated carbocycles. The van der Waals surface area contributed by atoms with Crippen LogP contribution >= 0.6 is 0 Å². The highest BCUT2D eigenvalue weighted by molar-refractivity contribution is 7.89. The Morgan fingerprint density at radius 2 is 1.48 bits per heavy atom. The molecule has 3 aromatic rings. The number of primary sulfonamides is 1. The molecule has 0 atom stereocenters. The Morgan fingerprint density at radius 3 is 2.12 bits per heavy atom. The Hall–Kier alpha value is -2.70. The summed E-state index contributed by atoms with van der Waals surface area (Å²) in [6, 6.07) is 18.3. The number of ether oxygens (including phenoxy) is 1. The smallest absolute Gasteiger partial charge is 0.238 e. The molecule has 3 aromatic carbocycles. The van der Waals surface area contributed by atoms with E-state index in [1.807, 2.05) is 12.1 Å². The van der Waals surface area contributed by atoms with Crippen molar-refractivity contribution in [1.29, 1.82) is 0 Å². The quantitative estimate of drug-likeness (QED) is 0.772. The van der Waals surface area contributed by atoms with E-state index in [4.69, 9.17) is 9.88 Å². The molecular formula is C19H16FNO3S. The van der Waals surface area contributed by atoms with Gasteiger partial charge in [-0.15, -0.1) is 0 Å². The summed E-state index contributed by atoms with van der Waals surface area (Å²) < 4.78 is 42.6. The molecule has 0 aromatic heterocycles. The molecule has 25 heavy (non-hydrogen) atoms. The molecule has 0 fully saturated rings. The van der Waals surface area contributed by atoms with Crippen LogP contribution in [0.4, 0.5) is 4.39 Å². The zero-order valence-electron chi connectivity index (χ0n) is 13.4. The Bertz CT molecular complexity index is 1030. The molecule has 0 saturated heterocycles. The van der Waals surface area contributed by atoms with Crippen molar-refractivity contribution in [3.63, 3.8) is 0 Å². The zero-order valence-corrected chi connectivity index (χ0v) is 14.3. The number of benzene rings is 3. The van der Waals surface area contributed by atoms with E-state index in [1.54, 1.807) is 42.5 Å². The van der Waals surface area contributed by atoms with Gasteiger partial charge in [0.15, 0.2) is 11.6 Å². The van der Waals surface area contributed by atoms with E-state index in [2.05, 4.69) is 0 Å². The first-order valence-corrected chi connectivity index (χ1v) is 9.01. The van der Waals surface area contributed by atoms with Gasteiger partial charge in [-0.1, -0.05) is 48.5 Å². The van der Waals surface area contributed by atoms with Crippen molar-refractivity contribution in [1.82, 2.24) is 0 Å². The lowest BCUT2D eigenvalue weighted by Gasteiger charge is -2.14. The first-order valence-electron chi connectivity index (χ1n) is 7.47. The standard InChI is InChI=1S/C19H16FNO3S/c1-24-18-12-13(10-11-17(18)20)14-6-2-3-7-15(14)16-8-4-5-9-19(16)25(21,22)23/h2-12H,1H3,(H2,21,22,23). The van der Waals surface area contributed by atoms with E-state index in [9.17, 15) is 12.8 Å². The predicted octanol–water partition coefficient (Wildman–Crippen LogP) is 3.82. The SMILES string of the molecule is COc1cc(-c2ccccc2-c2ccccc2S(N)(=O)=O)ccc1F. The monoisotopic (exact) mass is 357 g/mol. The molecule has 0 aliphatic rings. The van der Waals surface area contributed by atoms with Crippen molar-refractivity contribution in [2.45, 2.75) is 4.90 Å². The van der Waals surface area contributed by atoms with Crippen LogP contribution in [-0.2, 0) is 10.0 Å². The summed E-state index contributed by atoms with van der Waals surface area (Å²) in [6.45, 7) is 0. The van der Waals surface area contributed by atoms with Gasteiger partial charge < -0.3 is 4.74 Å². The molecule has 0 amide bonds. The van der Waals surface area contributed by atoms with Crippen LogP contribution in [0.15, 0.2) is 71.6 Å². The van der Waals surface area contributed by atoms with Crippen LogP contribution in [0.5, 0.6) is 5.75 Å². The van der Waals surface area contributed by atoms with E-state index >= 15 is 0 Å². The third-order valence-corrected chi connectivity index (χ3v) is 4.84. The number of hydrogen-bond donors (Lipinski definition) is 1. The van der Waals surface area contributed by atoms with Gasteiger partial charge in [-0.3, -0.25) is 0 Å². The number of rotatable bonds is 4. The van der Waals surface area contributed by atoms with Crippen molar-refractivity contribution in [3.05, 3.63) is 72.5 Å². The lowest BCUT2D eigenvalue weighted by Crippen LogP contribution is -2.13. The molecule has 0 unspecified atom stereocenters. The summed E-state index contributed by atoms with van der Waals surface area (Å²) in [5, 5.41) is 5.35. The van der Waals surface area contributed by atoms with Gasteiger partial charge in [0, 0.05) is 5.56 Å². The molecule has 0 aliphatic carbocycles. The number of sulfonamides is 1. The number of hydrogen-bond acceptors (Lipinski definition) is 3. The summed E-state index contributed by atoms with van der Waals surface area (Å²) in [5.41, 5.74) is 2.62. The highest BCUT2D eigenvalue weighted by atomic mass is 32.2. The molecule has 0 bridgehead atoms. The van der Waals surface area contributed by atoms with E-state index in [1.165, 1.54) is 19.2 Å². The first-order chi connectivity index (χ1) is 11.9. The molecule has 6 heteroatoms. The summed E-state index contributed by atoms with van der Waals surface area (Å²) in [7, 11) is -2.49. The van der Waals surface area contributed by atoms with Gasteiger partial charge in [0.1, 0.15) is 0 Å². The Balaban J connectivity index is 2.26. The number of nitrogens with two attached hydrogens (primary N) is 1. The fraction of sp³-hybridized carbons (Fsp3) is 0.0526. The molecule has 2 N–H and O–H groups in total. The van der Waals surface area contributed by atoms with Crippen molar-refractivity contribution in [2.24, 2.45) is 5.14 Å². The highest BCUT2D eigenvalue weighted by Gasteiger charge is 2.17. The second-order valence-electron chi connectivity index (χ2n) is 5.44. The molecule has 0 aliphatic heterocycles. The maximum absolute atomic E-state index is 13.7. The zero-order chi connectivity index (χ0) is 18.0. The maximum Gasteiger partial charge on any atom is 0.238 e. The van der Waals surface area contributed by atoms with Crippen LogP contribution in [0.3, 0.4) is 0 Å². The fourth-order valence-corrected chi connectivity index (χ4v) is 3.49. The topological polar surface area (TPSA) is 69.4 Å². The van der Waals surface area contributed by atoms with Gasteiger partial charge >= 0.3 is 0 Å². The second-order valence-corrected chi connectivity index (χ2v) is 6.97. The molecule has 0 heterocycles. The van der Waals surface area contributed by atoms with Crippen molar-refractivity contribution in [3.8, 4) is 28.0 Å². The van der Waals surface area contributed by atoms with Gasteiger partial charge in [0.05, 0.1) is 12.0 Å². The summed E-state index contributed by atoms with van der Waals surface area (Å²) in [6.07, 6.45) is 0. The maximum atomic E-state index is 13.7. The summed E-state index contributed by atoms with van der Waals surface area (Å²) >= 11 is 0. The van der Waals surface area contributed by atoms with Crippen LogP contribution in [-0.4, -0.2) is 15.5 Å². The minimum absolute atomic E-state index is 0.0385. The van der Waals surface area contributed by atoms with Crippen molar-refractivity contribution < 1.29 is 17.5 Å². The lowest BCUT2D eigenvalue weighted by atomic mass is 9.94. The predicted molar refractivity (Wildman–Crippen MR) is 95.2 cm³/mol. The average Bonchev–Trinajstić information content (AvgIpc) is 2.61. The van der Waals surface area contributed by atoms with Gasteiger partial charge in [-0.05, 0) is 34.9 Å². The third-order valence-electron chi connectivity index (χ3n) is 3.87. The number of methoxy groups -OCH3 is 1. The molecule has 4 nitrogen and oxygen atoms in total. The van der Waals surface area contributed by atoms with Crippen molar-refractivity contribution >= 4 is 10.0 Å². The van der Waals surface area contributed by atoms with Crippen LogP contribution in [0.25, 0.3) is 22.3 Å². The summed E-state index contributed by atoms with van der Waals surface area (Å²) in [4.78, 5) is 0.0385. The Kier molecular flexibility index (Phi) is 4.57. The van der Waals surface area contributed by atoms with E-state index in [0.29, 0.717) is 16.7 Å². The van der Waals surface area contributed by atoms with Crippen LogP contribution in [0.1, 0.15) is 0 Å². The Morgan fingerprint density at radius 1 is 0.880 bits per heavy atom. The van der Waals surface area contributed by atoms with Crippen molar-refractivity contribution in [2.75, 3.05) is 7.11 Å². The molecule has 0 spiro atoms. The highest BCUT2D eigenvalue weighted by Crippen LogP contribution is 2.36. The molecule has 128 valence electrons. The normalized spacial score (nSPS) is 11.3. The third kappa shape index (κ3) is 3.40. The van der Waals surface area contributed by atoms with E-state index in [0.717, 1.165) is 5.56 Å². The summed E-state index contributed by atoms with van der Waals surface area (Å²) in [5.74, 6) is -0.347. The number of halogens is 1. The van der Waals surface area contributed by atoms with Gasteiger partial charge in [0.25, 0.3) is 0 Å².